The molecule has 3 rings (SSSR count). The quantitative estimate of drug-likeness (QED) is 0.631. The SMILES string of the molecule is CCN(CC)C(=O)CCCc1c(-c2ccccn2)[nH]c2ccc(Cl)cc12. The number of hydrogen-bond donors (Lipinski definition) is 1. The third kappa shape index (κ3) is 3.91. The zero-order valence-electron chi connectivity index (χ0n) is 15.3. The van der Waals surface area contributed by atoms with E-state index in [1.807, 2.05) is 55.1 Å². The summed E-state index contributed by atoms with van der Waals surface area (Å²) in [5.74, 6) is 0.215. The lowest BCUT2D eigenvalue weighted by Crippen LogP contribution is -2.30. The van der Waals surface area contributed by atoms with E-state index < -0.39 is 0 Å². The van der Waals surface area contributed by atoms with Crippen LogP contribution >= 0.6 is 11.6 Å². The largest absolute Gasteiger partial charge is 0.353 e. The molecule has 2 aromatic heterocycles. The Morgan fingerprint density at radius 2 is 2.00 bits per heavy atom. The van der Waals surface area contributed by atoms with E-state index >= 15 is 0 Å². The van der Waals surface area contributed by atoms with Crippen LogP contribution in [0.4, 0.5) is 0 Å². The number of pyridine rings is 1. The lowest BCUT2D eigenvalue weighted by molar-refractivity contribution is -0.130. The maximum absolute atomic E-state index is 12.3. The molecule has 0 unspecified atom stereocenters. The van der Waals surface area contributed by atoms with Gasteiger partial charge in [0, 0.05) is 41.6 Å². The van der Waals surface area contributed by atoms with Gasteiger partial charge in [0.25, 0.3) is 0 Å². The maximum atomic E-state index is 12.3. The van der Waals surface area contributed by atoms with Gasteiger partial charge in [0.15, 0.2) is 0 Å². The van der Waals surface area contributed by atoms with Crippen LogP contribution in [0.5, 0.6) is 0 Å². The number of aromatic amines is 1. The third-order valence-electron chi connectivity index (χ3n) is 4.72. The Kier molecular flexibility index (Phi) is 5.94. The molecule has 1 N–H and O–H groups in total. The summed E-state index contributed by atoms with van der Waals surface area (Å²) >= 11 is 6.22. The Hall–Kier alpha value is -2.33. The van der Waals surface area contributed by atoms with E-state index in [2.05, 4.69) is 9.97 Å². The molecule has 0 bridgehead atoms. The molecule has 4 nitrogen and oxygen atoms in total. The topological polar surface area (TPSA) is 49.0 Å². The number of rotatable bonds is 7. The number of nitrogens with zero attached hydrogens (tertiary/aromatic N) is 2. The molecule has 1 amide bonds. The molecule has 1 aromatic carbocycles. The van der Waals surface area contributed by atoms with Crippen LogP contribution in [0.3, 0.4) is 0 Å². The van der Waals surface area contributed by atoms with Crippen molar-refractivity contribution in [2.75, 3.05) is 13.1 Å². The molecule has 26 heavy (non-hydrogen) atoms. The minimum atomic E-state index is 0.215. The number of carbonyl (C=O) groups excluding carboxylic acids is 1. The molecule has 0 aliphatic rings. The minimum Gasteiger partial charge on any atom is -0.353 e. The number of halogens is 1. The van der Waals surface area contributed by atoms with Crippen LogP contribution in [-0.4, -0.2) is 33.9 Å². The maximum Gasteiger partial charge on any atom is 0.222 e. The molecule has 0 aliphatic carbocycles. The summed E-state index contributed by atoms with van der Waals surface area (Å²) in [7, 11) is 0. The first-order chi connectivity index (χ1) is 12.6. The highest BCUT2D eigenvalue weighted by atomic mass is 35.5. The van der Waals surface area contributed by atoms with E-state index in [0.717, 1.165) is 48.2 Å². The van der Waals surface area contributed by atoms with Gasteiger partial charge >= 0.3 is 0 Å². The van der Waals surface area contributed by atoms with E-state index in [1.54, 1.807) is 6.20 Å². The second kappa shape index (κ2) is 8.37. The smallest absolute Gasteiger partial charge is 0.222 e. The van der Waals surface area contributed by atoms with Gasteiger partial charge < -0.3 is 9.88 Å². The van der Waals surface area contributed by atoms with Gasteiger partial charge in [-0.2, -0.15) is 0 Å². The van der Waals surface area contributed by atoms with Crippen LogP contribution in [-0.2, 0) is 11.2 Å². The summed E-state index contributed by atoms with van der Waals surface area (Å²) in [5.41, 5.74) is 4.14. The Morgan fingerprint density at radius 1 is 1.19 bits per heavy atom. The highest BCUT2D eigenvalue weighted by Gasteiger charge is 2.16. The predicted octanol–water partition coefficient (Wildman–Crippen LogP) is 5.07. The molecule has 0 spiro atoms. The Morgan fingerprint density at radius 3 is 2.69 bits per heavy atom. The van der Waals surface area contributed by atoms with Crippen LogP contribution < -0.4 is 0 Å². The van der Waals surface area contributed by atoms with Gasteiger partial charge in [0.05, 0.1) is 11.4 Å². The summed E-state index contributed by atoms with van der Waals surface area (Å²) < 4.78 is 0. The van der Waals surface area contributed by atoms with Crippen molar-refractivity contribution in [1.29, 1.82) is 0 Å². The Labute approximate surface area is 159 Å². The van der Waals surface area contributed by atoms with Crippen molar-refractivity contribution < 1.29 is 4.79 Å². The number of carbonyl (C=O) groups is 1. The second-order valence-electron chi connectivity index (χ2n) is 6.30. The van der Waals surface area contributed by atoms with Gasteiger partial charge in [-0.3, -0.25) is 9.78 Å². The monoisotopic (exact) mass is 369 g/mol. The summed E-state index contributed by atoms with van der Waals surface area (Å²) in [6.07, 6.45) is 3.95. The van der Waals surface area contributed by atoms with Gasteiger partial charge in [0.2, 0.25) is 5.91 Å². The fourth-order valence-corrected chi connectivity index (χ4v) is 3.53. The summed E-state index contributed by atoms with van der Waals surface area (Å²) in [6, 6.07) is 11.8. The van der Waals surface area contributed by atoms with E-state index in [4.69, 9.17) is 11.6 Å². The van der Waals surface area contributed by atoms with Crippen LogP contribution in [0.25, 0.3) is 22.3 Å². The number of amides is 1. The molecule has 0 atom stereocenters. The minimum absolute atomic E-state index is 0.215. The fraction of sp³-hybridized carbons (Fsp3) is 0.333. The highest BCUT2D eigenvalue weighted by molar-refractivity contribution is 6.31. The lowest BCUT2D eigenvalue weighted by Gasteiger charge is -2.18. The van der Waals surface area contributed by atoms with Gasteiger partial charge in [-0.05, 0) is 62.6 Å². The van der Waals surface area contributed by atoms with Crippen molar-refractivity contribution in [2.24, 2.45) is 0 Å². The van der Waals surface area contributed by atoms with Crippen molar-refractivity contribution >= 4 is 28.4 Å². The van der Waals surface area contributed by atoms with Crippen molar-refractivity contribution in [2.45, 2.75) is 33.1 Å². The van der Waals surface area contributed by atoms with Crippen LogP contribution in [0.1, 0.15) is 32.3 Å². The van der Waals surface area contributed by atoms with E-state index in [1.165, 1.54) is 5.56 Å². The number of nitrogens with one attached hydrogen (secondary N) is 1. The van der Waals surface area contributed by atoms with Gasteiger partial charge in [-0.25, -0.2) is 0 Å². The van der Waals surface area contributed by atoms with E-state index in [0.29, 0.717) is 11.4 Å². The third-order valence-corrected chi connectivity index (χ3v) is 4.96. The molecular formula is C21H24ClN3O. The molecule has 0 saturated carbocycles. The van der Waals surface area contributed by atoms with Gasteiger partial charge in [0.1, 0.15) is 0 Å². The average molecular weight is 370 g/mol. The summed E-state index contributed by atoms with van der Waals surface area (Å²) in [4.78, 5) is 22.1. The van der Waals surface area contributed by atoms with Crippen molar-refractivity contribution in [3.05, 3.63) is 53.2 Å². The van der Waals surface area contributed by atoms with Gasteiger partial charge in [-0.15, -0.1) is 0 Å². The summed E-state index contributed by atoms with van der Waals surface area (Å²) in [5, 5.41) is 1.82. The Balaban J connectivity index is 1.88. The van der Waals surface area contributed by atoms with Crippen LogP contribution in [0.2, 0.25) is 5.02 Å². The molecule has 0 radical (unpaired) electrons. The molecule has 3 aromatic rings. The molecule has 2 heterocycles. The van der Waals surface area contributed by atoms with Crippen LogP contribution in [0.15, 0.2) is 42.6 Å². The standard InChI is InChI=1S/C21H24ClN3O/c1-3-25(4-2)20(26)10-7-8-16-17-14-15(22)11-12-18(17)24-21(16)19-9-5-6-13-23-19/h5-6,9,11-14,24H,3-4,7-8,10H2,1-2H3. The summed E-state index contributed by atoms with van der Waals surface area (Å²) in [6.45, 7) is 5.55. The molecule has 136 valence electrons. The van der Waals surface area contributed by atoms with Crippen molar-refractivity contribution in [3.8, 4) is 11.4 Å². The van der Waals surface area contributed by atoms with Gasteiger partial charge in [-0.1, -0.05) is 17.7 Å². The molecule has 5 heteroatoms. The number of H-pyrrole nitrogens is 1. The highest BCUT2D eigenvalue weighted by Crippen LogP contribution is 2.32. The zero-order chi connectivity index (χ0) is 18.5. The molecule has 0 aliphatic heterocycles. The van der Waals surface area contributed by atoms with E-state index in [-0.39, 0.29) is 5.91 Å². The number of fused-ring (bicyclic) bond motifs is 1. The molecule has 0 saturated heterocycles. The number of aryl methyl sites for hydroxylation is 1. The van der Waals surface area contributed by atoms with Crippen molar-refractivity contribution in [3.63, 3.8) is 0 Å². The first-order valence-corrected chi connectivity index (χ1v) is 9.51. The lowest BCUT2D eigenvalue weighted by atomic mass is 10.0. The predicted molar refractivity (Wildman–Crippen MR) is 107 cm³/mol. The number of aromatic nitrogens is 2. The normalized spacial score (nSPS) is 11.0. The second-order valence-corrected chi connectivity index (χ2v) is 6.74. The first-order valence-electron chi connectivity index (χ1n) is 9.13. The number of hydrogen-bond acceptors (Lipinski definition) is 2. The zero-order valence-corrected chi connectivity index (χ0v) is 16.0. The average Bonchev–Trinajstić information content (AvgIpc) is 3.01. The molecule has 0 fully saturated rings. The molecular weight excluding hydrogens is 346 g/mol. The van der Waals surface area contributed by atoms with Crippen LogP contribution in [0, 0.1) is 0 Å². The Bertz CT molecular complexity index is 885. The number of benzene rings is 1. The first kappa shape index (κ1) is 18.5. The fourth-order valence-electron chi connectivity index (χ4n) is 3.36. The van der Waals surface area contributed by atoms with Crippen molar-refractivity contribution in [1.82, 2.24) is 14.9 Å². The van der Waals surface area contributed by atoms with E-state index in [9.17, 15) is 4.79 Å².